The van der Waals surface area contributed by atoms with E-state index in [2.05, 4.69) is 11.4 Å². The number of benzene rings is 1. The molecule has 90 valence electrons. The van der Waals surface area contributed by atoms with Gasteiger partial charge in [0.05, 0.1) is 12.5 Å². The maximum Gasteiger partial charge on any atom is 0.225 e. The lowest BCUT2D eigenvalue weighted by Crippen LogP contribution is -2.29. The van der Waals surface area contributed by atoms with Crippen molar-refractivity contribution >= 4 is 23.2 Å². The van der Waals surface area contributed by atoms with Gasteiger partial charge in [-0.3, -0.25) is 4.79 Å². The molecular weight excluding hydrogens is 238 g/mol. The molecule has 0 radical (unpaired) electrons. The Morgan fingerprint density at radius 3 is 2.82 bits per heavy atom. The molecule has 1 aromatic rings. The van der Waals surface area contributed by atoms with Gasteiger partial charge in [0.2, 0.25) is 5.91 Å². The summed E-state index contributed by atoms with van der Waals surface area (Å²) in [5, 5.41) is 12.5. The van der Waals surface area contributed by atoms with E-state index in [1.165, 1.54) is 4.90 Å². The van der Waals surface area contributed by atoms with Crippen molar-refractivity contribution < 1.29 is 4.79 Å². The summed E-state index contributed by atoms with van der Waals surface area (Å²) < 4.78 is 0. The highest BCUT2D eigenvalue weighted by molar-refractivity contribution is 6.30. The number of nitriles is 1. The Labute approximate surface area is 106 Å². The molecule has 0 aromatic heterocycles. The number of halogens is 1. The number of carbonyl (C=O) groups excluding carboxylic acids is 1. The molecule has 0 saturated carbocycles. The lowest BCUT2D eigenvalue weighted by molar-refractivity contribution is -0.128. The van der Waals surface area contributed by atoms with Crippen molar-refractivity contribution in [2.24, 2.45) is 0 Å². The van der Waals surface area contributed by atoms with E-state index in [0.29, 0.717) is 5.02 Å². The monoisotopic (exact) mass is 251 g/mol. The Bertz CT molecular complexity index is 440. The van der Waals surface area contributed by atoms with Gasteiger partial charge in [0.1, 0.15) is 6.04 Å². The van der Waals surface area contributed by atoms with Crippen LogP contribution in [0, 0.1) is 11.3 Å². The second-order valence-corrected chi connectivity index (χ2v) is 4.27. The second kappa shape index (κ2) is 6.12. The quantitative estimate of drug-likeness (QED) is 0.892. The third-order valence-corrected chi connectivity index (χ3v) is 2.43. The molecule has 0 spiro atoms. The molecule has 1 aromatic carbocycles. The van der Waals surface area contributed by atoms with Crippen LogP contribution >= 0.6 is 11.6 Å². The molecule has 0 aliphatic rings. The smallest absolute Gasteiger partial charge is 0.225 e. The molecule has 0 saturated heterocycles. The van der Waals surface area contributed by atoms with Crippen LogP contribution in [0.1, 0.15) is 6.42 Å². The van der Waals surface area contributed by atoms with Crippen LogP contribution in [0.4, 0.5) is 5.69 Å². The van der Waals surface area contributed by atoms with E-state index in [9.17, 15) is 4.79 Å². The lowest BCUT2D eigenvalue weighted by Gasteiger charge is -2.15. The number of rotatable bonds is 4. The van der Waals surface area contributed by atoms with Crippen molar-refractivity contribution in [3.05, 3.63) is 29.3 Å². The molecule has 17 heavy (non-hydrogen) atoms. The zero-order chi connectivity index (χ0) is 12.8. The van der Waals surface area contributed by atoms with Crippen LogP contribution in [-0.2, 0) is 4.79 Å². The summed E-state index contributed by atoms with van der Waals surface area (Å²) in [6.45, 7) is 0. The number of hydrogen-bond donors (Lipinski definition) is 1. The minimum absolute atomic E-state index is 0.0916. The fraction of sp³-hybridized carbons (Fsp3) is 0.333. The topological polar surface area (TPSA) is 56.1 Å². The van der Waals surface area contributed by atoms with Gasteiger partial charge < -0.3 is 10.2 Å². The third-order valence-electron chi connectivity index (χ3n) is 2.20. The largest absolute Gasteiger partial charge is 0.369 e. The van der Waals surface area contributed by atoms with Gasteiger partial charge in [-0.1, -0.05) is 17.7 Å². The maximum absolute atomic E-state index is 11.5. The van der Waals surface area contributed by atoms with E-state index in [1.807, 2.05) is 0 Å². The van der Waals surface area contributed by atoms with Gasteiger partial charge in [-0.25, -0.2) is 0 Å². The average molecular weight is 252 g/mol. The number of nitrogens with zero attached hydrogens (tertiary/aromatic N) is 2. The summed E-state index contributed by atoms with van der Waals surface area (Å²) in [6, 6.07) is 8.55. The van der Waals surface area contributed by atoms with Crippen molar-refractivity contribution in [1.29, 1.82) is 5.26 Å². The lowest BCUT2D eigenvalue weighted by atomic mass is 10.2. The van der Waals surface area contributed by atoms with Crippen LogP contribution in [0.5, 0.6) is 0 Å². The van der Waals surface area contributed by atoms with Crippen LogP contribution in [-0.4, -0.2) is 30.9 Å². The number of hydrogen-bond acceptors (Lipinski definition) is 3. The summed E-state index contributed by atoms with van der Waals surface area (Å²) in [5.74, 6) is -0.0916. The molecule has 1 atom stereocenters. The van der Waals surface area contributed by atoms with Crippen LogP contribution in [0.25, 0.3) is 0 Å². The van der Waals surface area contributed by atoms with E-state index in [1.54, 1.807) is 38.4 Å². The first kappa shape index (κ1) is 13.3. The van der Waals surface area contributed by atoms with Crippen LogP contribution in [0.3, 0.4) is 0 Å². The molecule has 5 heteroatoms. The molecular formula is C12H14ClN3O. The summed E-state index contributed by atoms with van der Waals surface area (Å²) >= 11 is 5.83. The molecule has 0 bridgehead atoms. The summed E-state index contributed by atoms with van der Waals surface area (Å²) in [6.07, 6.45) is 0.135. The summed E-state index contributed by atoms with van der Waals surface area (Å²) in [7, 11) is 3.33. The van der Waals surface area contributed by atoms with E-state index in [4.69, 9.17) is 16.9 Å². The molecule has 0 aliphatic heterocycles. The molecule has 0 fully saturated rings. The average Bonchev–Trinajstić information content (AvgIpc) is 2.27. The predicted octanol–water partition coefficient (Wildman–Crippen LogP) is 2.12. The standard InChI is InChI=1S/C12H14ClN3O/c1-16(2)12(17)7-11(8-14)15-10-5-3-4-9(13)6-10/h3-6,11,15H,7H2,1-2H3. The number of anilines is 1. The minimum atomic E-state index is -0.552. The number of amides is 1. The third kappa shape index (κ3) is 4.33. The zero-order valence-electron chi connectivity index (χ0n) is 9.77. The first-order valence-electron chi connectivity index (χ1n) is 5.15. The van der Waals surface area contributed by atoms with Gasteiger partial charge in [-0.2, -0.15) is 5.26 Å². The van der Waals surface area contributed by atoms with E-state index in [0.717, 1.165) is 5.69 Å². The Balaban J connectivity index is 2.65. The number of carbonyl (C=O) groups is 1. The SMILES string of the molecule is CN(C)C(=O)CC(C#N)Nc1cccc(Cl)c1. The molecule has 4 nitrogen and oxygen atoms in total. The van der Waals surface area contributed by atoms with Crippen molar-refractivity contribution in [3.63, 3.8) is 0 Å². The normalized spacial score (nSPS) is 11.4. The van der Waals surface area contributed by atoms with Gasteiger partial charge in [0, 0.05) is 24.8 Å². The fourth-order valence-corrected chi connectivity index (χ4v) is 1.46. The van der Waals surface area contributed by atoms with E-state index in [-0.39, 0.29) is 12.3 Å². The van der Waals surface area contributed by atoms with Crippen molar-refractivity contribution in [2.75, 3.05) is 19.4 Å². The Hall–Kier alpha value is -1.73. The molecule has 1 unspecified atom stereocenters. The van der Waals surface area contributed by atoms with Gasteiger partial charge in [0.25, 0.3) is 0 Å². The molecule has 1 amide bonds. The van der Waals surface area contributed by atoms with E-state index < -0.39 is 6.04 Å². The first-order chi connectivity index (χ1) is 8.02. The molecule has 0 heterocycles. The maximum atomic E-state index is 11.5. The molecule has 0 aliphatic carbocycles. The highest BCUT2D eigenvalue weighted by Crippen LogP contribution is 2.16. The zero-order valence-corrected chi connectivity index (χ0v) is 10.5. The molecule has 1 rings (SSSR count). The Kier molecular flexibility index (Phi) is 4.80. The minimum Gasteiger partial charge on any atom is -0.369 e. The van der Waals surface area contributed by atoms with Crippen molar-refractivity contribution in [3.8, 4) is 6.07 Å². The highest BCUT2D eigenvalue weighted by atomic mass is 35.5. The van der Waals surface area contributed by atoms with Gasteiger partial charge in [0.15, 0.2) is 0 Å². The Morgan fingerprint density at radius 2 is 2.29 bits per heavy atom. The van der Waals surface area contributed by atoms with Crippen molar-refractivity contribution in [1.82, 2.24) is 4.90 Å². The number of nitrogens with one attached hydrogen (secondary N) is 1. The van der Waals surface area contributed by atoms with Gasteiger partial charge in [-0.15, -0.1) is 0 Å². The van der Waals surface area contributed by atoms with Crippen molar-refractivity contribution in [2.45, 2.75) is 12.5 Å². The second-order valence-electron chi connectivity index (χ2n) is 3.83. The van der Waals surface area contributed by atoms with Crippen LogP contribution in [0.2, 0.25) is 5.02 Å². The molecule has 1 N–H and O–H groups in total. The van der Waals surface area contributed by atoms with E-state index >= 15 is 0 Å². The first-order valence-corrected chi connectivity index (χ1v) is 5.52. The van der Waals surface area contributed by atoms with Crippen LogP contribution < -0.4 is 5.32 Å². The Morgan fingerprint density at radius 1 is 1.59 bits per heavy atom. The predicted molar refractivity (Wildman–Crippen MR) is 67.8 cm³/mol. The summed E-state index contributed by atoms with van der Waals surface area (Å²) in [5.41, 5.74) is 0.732. The summed E-state index contributed by atoms with van der Waals surface area (Å²) in [4.78, 5) is 12.9. The fourth-order valence-electron chi connectivity index (χ4n) is 1.27. The van der Waals surface area contributed by atoms with Gasteiger partial charge >= 0.3 is 0 Å². The highest BCUT2D eigenvalue weighted by Gasteiger charge is 2.14. The van der Waals surface area contributed by atoms with Gasteiger partial charge in [-0.05, 0) is 18.2 Å². The van der Waals surface area contributed by atoms with Crippen LogP contribution in [0.15, 0.2) is 24.3 Å².